The average Bonchev–Trinajstić information content (AvgIpc) is 2.40. The third kappa shape index (κ3) is 4.38. The molecule has 1 aliphatic rings. The Hall–Kier alpha value is -1.20. The van der Waals surface area contributed by atoms with Gasteiger partial charge in [0, 0.05) is 22.4 Å². The van der Waals surface area contributed by atoms with Gasteiger partial charge >= 0.3 is 0 Å². The molecule has 0 saturated carbocycles. The first-order chi connectivity index (χ1) is 9.99. The Morgan fingerprint density at radius 2 is 2.29 bits per heavy atom. The highest BCUT2D eigenvalue weighted by Crippen LogP contribution is 2.38. The van der Waals surface area contributed by atoms with Crippen molar-refractivity contribution in [3.8, 4) is 0 Å². The van der Waals surface area contributed by atoms with E-state index >= 15 is 0 Å². The molecule has 4 nitrogen and oxygen atoms in total. The number of carbonyl (C=O) groups is 2. The summed E-state index contributed by atoms with van der Waals surface area (Å²) in [6.07, 6.45) is 2.15. The highest BCUT2D eigenvalue weighted by molar-refractivity contribution is 8.01. The second kappa shape index (κ2) is 7.18. The zero-order chi connectivity index (χ0) is 15.4. The number of hydrogen-bond donors (Lipinski definition) is 2. The number of nitrogens with one attached hydrogen (secondary N) is 2. The van der Waals surface area contributed by atoms with E-state index in [1.807, 2.05) is 13.0 Å². The van der Waals surface area contributed by atoms with E-state index in [-0.39, 0.29) is 24.3 Å². The SMILES string of the molecule is CCCC(C)NC(=O)CC1Sc2ccc(Cl)cc2NC1=O. The standard InChI is InChI=1S/C15H19ClN2O2S/c1-3-4-9(2)17-14(19)8-13-15(20)18-11-7-10(16)5-6-12(11)21-13/h5-7,9,13H,3-4,8H2,1-2H3,(H,17,19)(H,18,20). The lowest BCUT2D eigenvalue weighted by Crippen LogP contribution is -2.38. The molecule has 2 amide bonds. The number of benzene rings is 1. The van der Waals surface area contributed by atoms with Gasteiger partial charge < -0.3 is 10.6 Å². The minimum Gasteiger partial charge on any atom is -0.354 e. The van der Waals surface area contributed by atoms with Gasteiger partial charge in [-0.2, -0.15) is 0 Å². The van der Waals surface area contributed by atoms with Gasteiger partial charge in [0.25, 0.3) is 0 Å². The lowest BCUT2D eigenvalue weighted by molar-refractivity contribution is -0.124. The van der Waals surface area contributed by atoms with Gasteiger partial charge in [-0.25, -0.2) is 0 Å². The predicted molar refractivity (Wildman–Crippen MR) is 86.9 cm³/mol. The van der Waals surface area contributed by atoms with Gasteiger partial charge in [-0.1, -0.05) is 24.9 Å². The zero-order valence-electron chi connectivity index (χ0n) is 12.1. The molecule has 0 bridgehead atoms. The molecule has 21 heavy (non-hydrogen) atoms. The van der Waals surface area contributed by atoms with E-state index in [0.29, 0.717) is 10.7 Å². The summed E-state index contributed by atoms with van der Waals surface area (Å²) in [7, 11) is 0. The molecule has 2 unspecified atom stereocenters. The fourth-order valence-corrected chi connectivity index (χ4v) is 3.53. The van der Waals surface area contributed by atoms with Crippen LogP contribution in [0.4, 0.5) is 5.69 Å². The Bertz CT molecular complexity index is 550. The first kappa shape index (κ1) is 16.2. The average molecular weight is 327 g/mol. The van der Waals surface area contributed by atoms with E-state index < -0.39 is 5.25 Å². The van der Waals surface area contributed by atoms with Crippen LogP contribution in [0.3, 0.4) is 0 Å². The maximum Gasteiger partial charge on any atom is 0.238 e. The molecule has 1 aliphatic heterocycles. The Labute approximate surface area is 134 Å². The summed E-state index contributed by atoms with van der Waals surface area (Å²) >= 11 is 7.32. The second-order valence-electron chi connectivity index (χ2n) is 5.20. The van der Waals surface area contributed by atoms with Crippen LogP contribution in [-0.2, 0) is 9.59 Å². The Balaban J connectivity index is 1.97. The quantitative estimate of drug-likeness (QED) is 0.871. The molecule has 0 fully saturated rings. The van der Waals surface area contributed by atoms with Crippen LogP contribution in [0.15, 0.2) is 23.1 Å². The Kier molecular flexibility index (Phi) is 5.53. The molecule has 2 N–H and O–H groups in total. The van der Waals surface area contributed by atoms with Crippen LogP contribution in [0, 0.1) is 0 Å². The van der Waals surface area contributed by atoms with Crippen LogP contribution in [0.25, 0.3) is 0 Å². The van der Waals surface area contributed by atoms with Crippen LogP contribution >= 0.6 is 23.4 Å². The number of fused-ring (bicyclic) bond motifs is 1. The number of anilines is 1. The molecule has 2 rings (SSSR count). The van der Waals surface area contributed by atoms with E-state index in [2.05, 4.69) is 17.6 Å². The second-order valence-corrected chi connectivity index (χ2v) is 6.88. The van der Waals surface area contributed by atoms with Crippen molar-refractivity contribution in [2.45, 2.75) is 49.3 Å². The van der Waals surface area contributed by atoms with Gasteiger partial charge in [-0.15, -0.1) is 11.8 Å². The topological polar surface area (TPSA) is 58.2 Å². The number of halogens is 1. The van der Waals surface area contributed by atoms with Gasteiger partial charge in [0.15, 0.2) is 0 Å². The maximum absolute atomic E-state index is 12.1. The number of carbonyl (C=O) groups excluding carboxylic acids is 2. The summed E-state index contributed by atoms with van der Waals surface area (Å²) in [5.41, 5.74) is 0.716. The number of hydrogen-bond acceptors (Lipinski definition) is 3. The molecule has 1 heterocycles. The van der Waals surface area contributed by atoms with Crippen LogP contribution in [-0.4, -0.2) is 23.1 Å². The molecule has 0 aromatic heterocycles. The first-order valence-corrected chi connectivity index (χ1v) is 8.31. The first-order valence-electron chi connectivity index (χ1n) is 7.06. The normalized spacial score (nSPS) is 18.6. The molecule has 1 aromatic carbocycles. The minimum atomic E-state index is -0.396. The van der Waals surface area contributed by atoms with Crippen molar-refractivity contribution in [2.24, 2.45) is 0 Å². The summed E-state index contributed by atoms with van der Waals surface area (Å²) in [4.78, 5) is 25.0. The van der Waals surface area contributed by atoms with Crippen molar-refractivity contribution in [1.82, 2.24) is 5.32 Å². The molecule has 0 radical (unpaired) electrons. The van der Waals surface area contributed by atoms with Gasteiger partial charge in [0.05, 0.1) is 10.9 Å². The van der Waals surface area contributed by atoms with Crippen molar-refractivity contribution >= 4 is 40.9 Å². The third-order valence-corrected chi connectivity index (χ3v) is 4.77. The van der Waals surface area contributed by atoms with Crippen molar-refractivity contribution in [2.75, 3.05) is 5.32 Å². The maximum atomic E-state index is 12.1. The van der Waals surface area contributed by atoms with Gasteiger partial charge in [0.2, 0.25) is 11.8 Å². The summed E-state index contributed by atoms with van der Waals surface area (Å²) in [5.74, 6) is -0.228. The van der Waals surface area contributed by atoms with Gasteiger partial charge in [0.1, 0.15) is 0 Å². The Morgan fingerprint density at radius 1 is 1.52 bits per heavy atom. The van der Waals surface area contributed by atoms with Gasteiger partial charge in [-0.05, 0) is 31.5 Å². The summed E-state index contributed by atoms with van der Waals surface area (Å²) < 4.78 is 0. The zero-order valence-corrected chi connectivity index (χ0v) is 13.7. The lowest BCUT2D eigenvalue weighted by atomic mass is 10.2. The van der Waals surface area contributed by atoms with E-state index in [4.69, 9.17) is 11.6 Å². The van der Waals surface area contributed by atoms with Crippen LogP contribution in [0.1, 0.15) is 33.1 Å². The summed E-state index contributed by atoms with van der Waals surface area (Å²) in [6, 6.07) is 5.52. The number of amides is 2. The molecular weight excluding hydrogens is 308 g/mol. The largest absolute Gasteiger partial charge is 0.354 e. The molecule has 0 spiro atoms. The monoisotopic (exact) mass is 326 g/mol. The van der Waals surface area contributed by atoms with E-state index in [9.17, 15) is 9.59 Å². The van der Waals surface area contributed by atoms with Crippen LogP contribution in [0.2, 0.25) is 5.02 Å². The van der Waals surface area contributed by atoms with Crippen molar-refractivity contribution in [3.63, 3.8) is 0 Å². The molecule has 0 aliphatic carbocycles. The highest BCUT2D eigenvalue weighted by atomic mass is 35.5. The van der Waals surface area contributed by atoms with Gasteiger partial charge in [-0.3, -0.25) is 9.59 Å². The fourth-order valence-electron chi connectivity index (χ4n) is 2.26. The smallest absolute Gasteiger partial charge is 0.238 e. The van der Waals surface area contributed by atoms with Crippen LogP contribution in [0.5, 0.6) is 0 Å². The predicted octanol–water partition coefficient (Wildman–Crippen LogP) is 3.45. The summed E-state index contributed by atoms with van der Waals surface area (Å²) in [5, 5.41) is 5.93. The minimum absolute atomic E-state index is 0.0824. The molecule has 6 heteroatoms. The Morgan fingerprint density at radius 3 is 3.00 bits per heavy atom. The molecule has 114 valence electrons. The van der Waals surface area contributed by atoms with Crippen molar-refractivity contribution in [1.29, 1.82) is 0 Å². The van der Waals surface area contributed by atoms with Crippen molar-refractivity contribution < 1.29 is 9.59 Å². The molecule has 2 atom stereocenters. The van der Waals surface area contributed by atoms with E-state index in [0.717, 1.165) is 17.7 Å². The molecule has 0 saturated heterocycles. The molecular formula is C15H19ClN2O2S. The third-order valence-electron chi connectivity index (χ3n) is 3.26. The van der Waals surface area contributed by atoms with E-state index in [1.165, 1.54) is 11.8 Å². The molecule has 1 aromatic rings. The summed E-state index contributed by atoms with van der Waals surface area (Å²) in [6.45, 7) is 4.06. The highest BCUT2D eigenvalue weighted by Gasteiger charge is 2.29. The van der Waals surface area contributed by atoms with Crippen LogP contribution < -0.4 is 10.6 Å². The van der Waals surface area contributed by atoms with Crippen molar-refractivity contribution in [3.05, 3.63) is 23.2 Å². The lowest BCUT2D eigenvalue weighted by Gasteiger charge is -2.24. The fraction of sp³-hybridized carbons (Fsp3) is 0.467. The number of rotatable bonds is 5. The number of thioether (sulfide) groups is 1. The van der Waals surface area contributed by atoms with E-state index in [1.54, 1.807) is 12.1 Å².